The van der Waals surface area contributed by atoms with Crippen molar-refractivity contribution in [2.75, 3.05) is 37.6 Å². The van der Waals surface area contributed by atoms with Crippen molar-refractivity contribution < 1.29 is 19.4 Å². The molecule has 1 aromatic carbocycles. The molecule has 1 aromatic rings. The lowest BCUT2D eigenvalue weighted by molar-refractivity contribution is -0.113. The van der Waals surface area contributed by atoms with E-state index in [1.165, 1.54) is 18.9 Å². The van der Waals surface area contributed by atoms with E-state index in [-0.39, 0.29) is 12.5 Å². The van der Waals surface area contributed by atoms with Crippen molar-refractivity contribution in [2.45, 2.75) is 0 Å². The van der Waals surface area contributed by atoms with Crippen LogP contribution < -0.4 is 14.8 Å². The van der Waals surface area contributed by atoms with Crippen LogP contribution in [0.15, 0.2) is 18.2 Å². The SMILES string of the molecule is COc1ccc(NC(=O)CSCCO)c(OC)c1. The number of rotatable bonds is 7. The zero-order valence-corrected chi connectivity index (χ0v) is 11.3. The van der Waals surface area contributed by atoms with Gasteiger partial charge < -0.3 is 19.9 Å². The van der Waals surface area contributed by atoms with Crippen LogP contribution in [0.1, 0.15) is 0 Å². The normalized spacial score (nSPS) is 9.94. The molecule has 2 N–H and O–H groups in total. The standard InChI is InChI=1S/C12H17NO4S/c1-16-9-3-4-10(11(7-9)17-2)13-12(15)8-18-6-5-14/h3-4,7,14H,5-6,8H2,1-2H3,(H,13,15). The van der Waals surface area contributed by atoms with Crippen LogP contribution in [-0.4, -0.2) is 43.3 Å². The van der Waals surface area contributed by atoms with E-state index < -0.39 is 0 Å². The summed E-state index contributed by atoms with van der Waals surface area (Å²) < 4.78 is 10.2. The molecule has 6 heteroatoms. The number of ether oxygens (including phenoxy) is 2. The summed E-state index contributed by atoms with van der Waals surface area (Å²) in [5.74, 6) is 1.94. The third kappa shape index (κ3) is 4.46. The minimum atomic E-state index is -0.128. The molecule has 0 aromatic heterocycles. The van der Waals surface area contributed by atoms with Gasteiger partial charge in [0.1, 0.15) is 11.5 Å². The molecule has 18 heavy (non-hydrogen) atoms. The number of hydrogen-bond acceptors (Lipinski definition) is 5. The maximum atomic E-state index is 11.6. The Labute approximate surface area is 110 Å². The lowest BCUT2D eigenvalue weighted by atomic mass is 10.2. The minimum Gasteiger partial charge on any atom is -0.497 e. The van der Waals surface area contributed by atoms with E-state index in [9.17, 15) is 4.79 Å². The molecule has 0 aliphatic heterocycles. The summed E-state index contributed by atoms with van der Waals surface area (Å²) in [4.78, 5) is 11.6. The first kappa shape index (κ1) is 14.7. The second kappa shape index (κ2) is 7.84. The zero-order valence-electron chi connectivity index (χ0n) is 10.4. The van der Waals surface area contributed by atoms with Gasteiger partial charge in [0.2, 0.25) is 5.91 Å². The number of methoxy groups -OCH3 is 2. The topological polar surface area (TPSA) is 67.8 Å². The predicted molar refractivity (Wildman–Crippen MR) is 72.6 cm³/mol. The van der Waals surface area contributed by atoms with Crippen LogP contribution in [0.3, 0.4) is 0 Å². The molecule has 0 unspecified atom stereocenters. The highest BCUT2D eigenvalue weighted by molar-refractivity contribution is 7.99. The number of benzene rings is 1. The first-order valence-corrected chi connectivity index (χ1v) is 6.57. The van der Waals surface area contributed by atoms with Gasteiger partial charge in [0.05, 0.1) is 32.3 Å². The summed E-state index contributed by atoms with van der Waals surface area (Å²) in [6.07, 6.45) is 0. The molecule has 100 valence electrons. The molecule has 0 heterocycles. The number of hydrogen-bond donors (Lipinski definition) is 2. The summed E-state index contributed by atoms with van der Waals surface area (Å²) in [7, 11) is 3.10. The number of carbonyl (C=O) groups excluding carboxylic acids is 1. The summed E-state index contributed by atoms with van der Waals surface area (Å²) >= 11 is 1.37. The molecular weight excluding hydrogens is 254 g/mol. The highest BCUT2D eigenvalue weighted by Gasteiger charge is 2.08. The average molecular weight is 271 g/mol. The Morgan fingerprint density at radius 1 is 1.39 bits per heavy atom. The number of aliphatic hydroxyl groups is 1. The van der Waals surface area contributed by atoms with Gasteiger partial charge in [-0.25, -0.2) is 0 Å². The van der Waals surface area contributed by atoms with Crippen LogP contribution in [0, 0.1) is 0 Å². The molecule has 5 nitrogen and oxygen atoms in total. The van der Waals surface area contributed by atoms with Crippen LogP contribution in [0.25, 0.3) is 0 Å². The Balaban J connectivity index is 2.63. The average Bonchev–Trinajstić information content (AvgIpc) is 2.39. The Kier molecular flexibility index (Phi) is 6.38. The minimum absolute atomic E-state index is 0.0732. The van der Waals surface area contributed by atoms with E-state index in [1.54, 1.807) is 25.3 Å². The number of aliphatic hydroxyl groups excluding tert-OH is 1. The molecule has 1 amide bonds. The van der Waals surface area contributed by atoms with Gasteiger partial charge in [-0.3, -0.25) is 4.79 Å². The van der Waals surface area contributed by atoms with Gasteiger partial charge in [-0.2, -0.15) is 0 Å². The van der Waals surface area contributed by atoms with Crippen LogP contribution in [0.2, 0.25) is 0 Å². The van der Waals surface area contributed by atoms with Gasteiger partial charge in [0.15, 0.2) is 0 Å². The van der Waals surface area contributed by atoms with Crippen molar-refractivity contribution in [1.29, 1.82) is 0 Å². The van der Waals surface area contributed by atoms with Gasteiger partial charge >= 0.3 is 0 Å². The van der Waals surface area contributed by atoms with Crippen molar-refractivity contribution >= 4 is 23.4 Å². The molecule has 1 rings (SSSR count). The first-order chi connectivity index (χ1) is 8.71. The van der Waals surface area contributed by atoms with Crippen LogP contribution >= 0.6 is 11.8 Å². The van der Waals surface area contributed by atoms with Crippen molar-refractivity contribution in [3.8, 4) is 11.5 Å². The van der Waals surface area contributed by atoms with Gasteiger partial charge in [0.25, 0.3) is 0 Å². The molecular formula is C12H17NO4S. The van der Waals surface area contributed by atoms with E-state index in [0.29, 0.717) is 28.7 Å². The van der Waals surface area contributed by atoms with Gasteiger partial charge in [-0.15, -0.1) is 11.8 Å². The van der Waals surface area contributed by atoms with Crippen molar-refractivity contribution in [1.82, 2.24) is 0 Å². The lowest BCUT2D eigenvalue weighted by Gasteiger charge is -2.11. The van der Waals surface area contributed by atoms with E-state index in [2.05, 4.69) is 5.32 Å². The maximum absolute atomic E-state index is 11.6. The van der Waals surface area contributed by atoms with Crippen LogP contribution in [0.5, 0.6) is 11.5 Å². The van der Waals surface area contributed by atoms with E-state index >= 15 is 0 Å². The van der Waals surface area contributed by atoms with Gasteiger partial charge in [0, 0.05) is 11.8 Å². The summed E-state index contributed by atoms with van der Waals surface area (Å²) in [6, 6.07) is 5.18. The fourth-order valence-electron chi connectivity index (χ4n) is 1.32. The monoisotopic (exact) mass is 271 g/mol. The Hall–Kier alpha value is -1.40. The number of carbonyl (C=O) groups is 1. The van der Waals surface area contributed by atoms with Crippen molar-refractivity contribution in [3.63, 3.8) is 0 Å². The first-order valence-electron chi connectivity index (χ1n) is 5.41. The predicted octanol–water partition coefficient (Wildman–Crippen LogP) is 1.37. The lowest BCUT2D eigenvalue weighted by Crippen LogP contribution is -2.15. The third-order valence-electron chi connectivity index (χ3n) is 2.15. The summed E-state index contributed by atoms with van der Waals surface area (Å²) in [5, 5.41) is 11.4. The number of nitrogens with one attached hydrogen (secondary N) is 1. The largest absolute Gasteiger partial charge is 0.497 e. The Bertz CT molecular complexity index is 398. The molecule has 0 bridgehead atoms. The number of anilines is 1. The summed E-state index contributed by atoms with van der Waals surface area (Å²) in [5.41, 5.74) is 0.605. The Morgan fingerprint density at radius 2 is 2.17 bits per heavy atom. The third-order valence-corrected chi connectivity index (χ3v) is 3.09. The molecule has 0 aliphatic carbocycles. The maximum Gasteiger partial charge on any atom is 0.234 e. The van der Waals surface area contributed by atoms with Crippen molar-refractivity contribution in [2.24, 2.45) is 0 Å². The van der Waals surface area contributed by atoms with Gasteiger partial charge in [-0.1, -0.05) is 0 Å². The fourth-order valence-corrected chi connectivity index (χ4v) is 1.85. The fraction of sp³-hybridized carbons (Fsp3) is 0.417. The second-order valence-corrected chi connectivity index (χ2v) is 4.50. The zero-order chi connectivity index (χ0) is 13.4. The number of amides is 1. The molecule has 0 aliphatic rings. The molecule has 0 radical (unpaired) electrons. The molecule has 0 fully saturated rings. The van der Waals surface area contributed by atoms with Crippen LogP contribution in [-0.2, 0) is 4.79 Å². The molecule has 0 saturated carbocycles. The number of thioether (sulfide) groups is 1. The van der Waals surface area contributed by atoms with Gasteiger partial charge in [-0.05, 0) is 12.1 Å². The van der Waals surface area contributed by atoms with Crippen molar-refractivity contribution in [3.05, 3.63) is 18.2 Å². The highest BCUT2D eigenvalue weighted by Crippen LogP contribution is 2.29. The molecule has 0 atom stereocenters. The van der Waals surface area contributed by atoms with E-state index in [0.717, 1.165) is 0 Å². The van der Waals surface area contributed by atoms with E-state index in [1.807, 2.05) is 0 Å². The van der Waals surface area contributed by atoms with Crippen LogP contribution in [0.4, 0.5) is 5.69 Å². The highest BCUT2D eigenvalue weighted by atomic mass is 32.2. The van der Waals surface area contributed by atoms with E-state index in [4.69, 9.17) is 14.6 Å². The Morgan fingerprint density at radius 3 is 2.78 bits per heavy atom. The smallest absolute Gasteiger partial charge is 0.234 e. The summed E-state index contributed by atoms with van der Waals surface area (Å²) in [6.45, 7) is 0.0732. The molecule has 0 saturated heterocycles. The molecule has 0 spiro atoms. The quantitative estimate of drug-likeness (QED) is 0.733. The second-order valence-electron chi connectivity index (χ2n) is 3.39.